The van der Waals surface area contributed by atoms with E-state index in [0.29, 0.717) is 5.69 Å². The molecule has 1 amide bonds. The molecule has 0 heterocycles. The van der Waals surface area contributed by atoms with E-state index in [1.807, 2.05) is 13.8 Å². The number of rotatable bonds is 2. The summed E-state index contributed by atoms with van der Waals surface area (Å²) in [6.45, 7) is 3.86. The molecule has 1 aromatic carbocycles. The van der Waals surface area contributed by atoms with Crippen molar-refractivity contribution in [2.24, 2.45) is 5.41 Å². The third-order valence-electron chi connectivity index (χ3n) is 3.70. The van der Waals surface area contributed by atoms with Gasteiger partial charge in [-0.2, -0.15) is 0 Å². The summed E-state index contributed by atoms with van der Waals surface area (Å²) in [5, 5.41) is 2.85. The second-order valence-electron chi connectivity index (χ2n) is 5.18. The standard InChI is InChI=1S/C14H18FNO/c1-10-5-6-11(15)9-12(10)16-13(17)14(2)7-3-4-8-14/h5-6,9H,3-4,7-8H2,1-2H3,(H,16,17). The SMILES string of the molecule is Cc1ccc(F)cc1NC(=O)C1(C)CCCC1. The van der Waals surface area contributed by atoms with E-state index in [1.165, 1.54) is 12.1 Å². The minimum atomic E-state index is -0.317. The third kappa shape index (κ3) is 2.48. The van der Waals surface area contributed by atoms with Crippen molar-refractivity contribution in [3.8, 4) is 0 Å². The van der Waals surface area contributed by atoms with E-state index in [-0.39, 0.29) is 17.1 Å². The summed E-state index contributed by atoms with van der Waals surface area (Å²) in [6, 6.07) is 4.47. The number of amides is 1. The first kappa shape index (κ1) is 12.1. The van der Waals surface area contributed by atoms with Crippen LogP contribution in [0.3, 0.4) is 0 Å². The Morgan fingerprint density at radius 2 is 2.00 bits per heavy atom. The molecule has 1 aromatic rings. The molecule has 2 rings (SSSR count). The van der Waals surface area contributed by atoms with Gasteiger partial charge >= 0.3 is 0 Å². The number of hydrogen-bond donors (Lipinski definition) is 1. The lowest BCUT2D eigenvalue weighted by molar-refractivity contribution is -0.124. The first-order valence-corrected chi connectivity index (χ1v) is 6.09. The van der Waals surface area contributed by atoms with Crippen LogP contribution in [0, 0.1) is 18.2 Å². The highest BCUT2D eigenvalue weighted by Gasteiger charge is 2.36. The predicted molar refractivity (Wildman–Crippen MR) is 66.3 cm³/mol. The first-order chi connectivity index (χ1) is 8.01. The monoisotopic (exact) mass is 235 g/mol. The van der Waals surface area contributed by atoms with Crippen LogP contribution in [0.15, 0.2) is 18.2 Å². The predicted octanol–water partition coefficient (Wildman–Crippen LogP) is 3.65. The number of halogens is 1. The topological polar surface area (TPSA) is 29.1 Å². The molecule has 1 aliphatic carbocycles. The van der Waals surface area contributed by atoms with Gasteiger partial charge in [-0.3, -0.25) is 4.79 Å². The highest BCUT2D eigenvalue weighted by atomic mass is 19.1. The molecule has 1 N–H and O–H groups in total. The molecule has 1 aliphatic rings. The molecule has 0 radical (unpaired) electrons. The molecular formula is C14H18FNO. The van der Waals surface area contributed by atoms with Crippen molar-refractivity contribution in [2.45, 2.75) is 39.5 Å². The molecule has 3 heteroatoms. The Labute approximate surface area is 101 Å². The molecular weight excluding hydrogens is 217 g/mol. The van der Waals surface area contributed by atoms with Crippen LogP contribution in [0.4, 0.5) is 10.1 Å². The molecule has 0 atom stereocenters. The quantitative estimate of drug-likeness (QED) is 0.832. The highest BCUT2D eigenvalue weighted by molar-refractivity contribution is 5.95. The van der Waals surface area contributed by atoms with E-state index in [9.17, 15) is 9.18 Å². The van der Waals surface area contributed by atoms with Gasteiger partial charge in [0.2, 0.25) is 5.91 Å². The summed E-state index contributed by atoms with van der Waals surface area (Å²) in [5.41, 5.74) is 1.20. The highest BCUT2D eigenvalue weighted by Crippen LogP contribution is 2.38. The fraction of sp³-hybridized carbons (Fsp3) is 0.500. The lowest BCUT2D eigenvalue weighted by atomic mass is 9.87. The van der Waals surface area contributed by atoms with Crippen LogP contribution in [0.2, 0.25) is 0 Å². The molecule has 0 bridgehead atoms. The Bertz CT molecular complexity index is 436. The average molecular weight is 235 g/mol. The summed E-state index contributed by atoms with van der Waals surface area (Å²) in [4.78, 5) is 12.2. The van der Waals surface area contributed by atoms with Gasteiger partial charge in [0.25, 0.3) is 0 Å². The van der Waals surface area contributed by atoms with Gasteiger partial charge in [0.1, 0.15) is 5.82 Å². The number of benzene rings is 1. The van der Waals surface area contributed by atoms with Crippen molar-refractivity contribution >= 4 is 11.6 Å². The minimum Gasteiger partial charge on any atom is -0.325 e. The summed E-state index contributed by atoms with van der Waals surface area (Å²) >= 11 is 0. The maximum atomic E-state index is 13.1. The molecule has 0 spiro atoms. The van der Waals surface area contributed by atoms with Crippen LogP contribution in [0.1, 0.15) is 38.2 Å². The Morgan fingerprint density at radius 3 is 2.65 bits per heavy atom. The fourth-order valence-corrected chi connectivity index (χ4v) is 2.38. The van der Waals surface area contributed by atoms with Crippen molar-refractivity contribution in [1.29, 1.82) is 0 Å². The minimum absolute atomic E-state index is 0.0173. The molecule has 0 saturated heterocycles. The van der Waals surface area contributed by atoms with Crippen LogP contribution in [0.5, 0.6) is 0 Å². The number of hydrogen-bond acceptors (Lipinski definition) is 1. The molecule has 92 valence electrons. The van der Waals surface area contributed by atoms with Crippen LogP contribution in [-0.2, 0) is 4.79 Å². The van der Waals surface area contributed by atoms with Gasteiger partial charge in [-0.15, -0.1) is 0 Å². The molecule has 1 fully saturated rings. The average Bonchev–Trinajstić information content (AvgIpc) is 2.72. The number of anilines is 1. The van der Waals surface area contributed by atoms with E-state index in [0.717, 1.165) is 31.2 Å². The maximum Gasteiger partial charge on any atom is 0.230 e. The van der Waals surface area contributed by atoms with Gasteiger partial charge in [-0.25, -0.2) is 4.39 Å². The summed E-state index contributed by atoms with van der Waals surface area (Å²) < 4.78 is 13.1. The molecule has 0 unspecified atom stereocenters. The van der Waals surface area contributed by atoms with Crippen molar-refractivity contribution in [2.75, 3.05) is 5.32 Å². The Kier molecular flexibility index (Phi) is 3.18. The maximum absolute atomic E-state index is 13.1. The van der Waals surface area contributed by atoms with Crippen molar-refractivity contribution in [1.82, 2.24) is 0 Å². The number of carbonyl (C=O) groups is 1. The van der Waals surface area contributed by atoms with Crippen LogP contribution < -0.4 is 5.32 Å². The van der Waals surface area contributed by atoms with E-state index in [1.54, 1.807) is 6.07 Å². The fourth-order valence-electron chi connectivity index (χ4n) is 2.38. The third-order valence-corrected chi connectivity index (χ3v) is 3.70. The van der Waals surface area contributed by atoms with Gasteiger partial charge in [-0.1, -0.05) is 25.8 Å². The van der Waals surface area contributed by atoms with Gasteiger partial charge in [0.15, 0.2) is 0 Å². The molecule has 2 nitrogen and oxygen atoms in total. The number of aryl methyl sites for hydroxylation is 1. The molecule has 0 aromatic heterocycles. The van der Waals surface area contributed by atoms with Crippen molar-refractivity contribution in [3.63, 3.8) is 0 Å². The van der Waals surface area contributed by atoms with Gasteiger partial charge in [0.05, 0.1) is 0 Å². The number of carbonyl (C=O) groups excluding carboxylic acids is 1. The van der Waals surface area contributed by atoms with Gasteiger partial charge in [-0.05, 0) is 37.5 Å². The van der Waals surface area contributed by atoms with Gasteiger partial charge in [0, 0.05) is 11.1 Å². The second-order valence-corrected chi connectivity index (χ2v) is 5.18. The normalized spacial score (nSPS) is 18.1. The van der Waals surface area contributed by atoms with E-state index >= 15 is 0 Å². The van der Waals surface area contributed by atoms with Crippen molar-refractivity contribution in [3.05, 3.63) is 29.6 Å². The van der Waals surface area contributed by atoms with E-state index < -0.39 is 0 Å². The Morgan fingerprint density at radius 1 is 1.35 bits per heavy atom. The van der Waals surface area contributed by atoms with Crippen LogP contribution in [0.25, 0.3) is 0 Å². The van der Waals surface area contributed by atoms with E-state index in [4.69, 9.17) is 0 Å². The Balaban J connectivity index is 2.15. The first-order valence-electron chi connectivity index (χ1n) is 6.09. The summed E-state index contributed by atoms with van der Waals surface area (Å²) in [5.74, 6) is -0.300. The lowest BCUT2D eigenvalue weighted by Crippen LogP contribution is -2.31. The zero-order valence-electron chi connectivity index (χ0n) is 10.3. The molecule has 1 saturated carbocycles. The largest absolute Gasteiger partial charge is 0.325 e. The zero-order valence-corrected chi connectivity index (χ0v) is 10.3. The molecule has 0 aliphatic heterocycles. The smallest absolute Gasteiger partial charge is 0.230 e. The Hall–Kier alpha value is -1.38. The zero-order chi connectivity index (χ0) is 12.5. The van der Waals surface area contributed by atoms with Gasteiger partial charge < -0.3 is 5.32 Å². The second kappa shape index (κ2) is 4.47. The van der Waals surface area contributed by atoms with E-state index in [2.05, 4.69) is 5.32 Å². The summed E-state index contributed by atoms with van der Waals surface area (Å²) in [6.07, 6.45) is 4.05. The van der Waals surface area contributed by atoms with Crippen LogP contribution >= 0.6 is 0 Å². The van der Waals surface area contributed by atoms with Crippen molar-refractivity contribution < 1.29 is 9.18 Å². The number of nitrogens with one attached hydrogen (secondary N) is 1. The van der Waals surface area contributed by atoms with Crippen LogP contribution in [-0.4, -0.2) is 5.91 Å². The molecule has 17 heavy (non-hydrogen) atoms. The summed E-state index contributed by atoms with van der Waals surface area (Å²) in [7, 11) is 0. The lowest BCUT2D eigenvalue weighted by Gasteiger charge is -2.22.